The second-order valence-electron chi connectivity index (χ2n) is 13.5. The maximum atomic E-state index is 5.71. The van der Waals surface area contributed by atoms with Gasteiger partial charge in [-0.25, -0.2) is 20.1 Å². The van der Waals surface area contributed by atoms with Crippen molar-refractivity contribution in [2.24, 2.45) is 0 Å². The molecule has 0 amide bonds. The molecule has 0 aliphatic heterocycles. The van der Waals surface area contributed by atoms with E-state index in [1.54, 1.807) is 0 Å². The van der Waals surface area contributed by atoms with Crippen LogP contribution in [0, 0.1) is 0 Å². The maximum Gasteiger partial charge on any atom is 0.495 e. The SMILES string of the molecule is CC(C)c1cccc(C(C)C)c1[N-]C(C)C(C(C)[N-]c1c(C(C)C)cccc1C(C)C)P(c1ccccc1)c1ccccc1.[Cl][Al][Cl]. The van der Waals surface area contributed by atoms with Crippen molar-refractivity contribution in [2.75, 3.05) is 0 Å². The Morgan fingerprint density at radius 1 is 0.447 bits per heavy atom. The lowest BCUT2D eigenvalue weighted by Crippen LogP contribution is -2.37. The fraction of sp³-hybridized carbons (Fsp3) is 0.415. The van der Waals surface area contributed by atoms with Crippen molar-refractivity contribution in [1.29, 1.82) is 0 Å². The first-order chi connectivity index (χ1) is 22.4. The molecule has 4 rings (SSSR count). The van der Waals surface area contributed by atoms with Gasteiger partial charge in [0.25, 0.3) is 0 Å². The van der Waals surface area contributed by atoms with Gasteiger partial charge in [-0.05, 0) is 47.9 Å². The zero-order valence-electron chi connectivity index (χ0n) is 30.0. The molecule has 0 spiro atoms. The Labute approximate surface area is 302 Å². The van der Waals surface area contributed by atoms with Crippen LogP contribution in [-0.4, -0.2) is 31.1 Å². The van der Waals surface area contributed by atoms with Gasteiger partial charge in [0.05, 0.1) is 0 Å². The number of hydrogen-bond acceptors (Lipinski definition) is 0. The molecule has 0 saturated carbocycles. The zero-order chi connectivity index (χ0) is 34.7. The molecule has 4 aromatic rings. The Bertz CT molecular complexity index is 1330. The third-order valence-corrected chi connectivity index (χ3v) is 11.9. The smallest absolute Gasteiger partial charge is 0.495 e. The van der Waals surface area contributed by atoms with Crippen LogP contribution < -0.4 is 10.6 Å². The minimum atomic E-state index is -0.773. The molecule has 0 aliphatic carbocycles. The molecule has 1 radical (unpaired) electrons. The standard InChI is InChI=1S/C41H53N2P.Al.2ClH/c1-27(2)35-23-17-24-36(28(3)4)39(35)42-31(9)41(44(33-19-13-11-14-20-33)34-21-15-12-16-22-34)32(10)43-40-37(29(5)6)25-18-26-38(40)30(7)8;;;/h11-32,41H,1-10H3;;2*1H/q-2;+2;;/p-2. The summed E-state index contributed by atoms with van der Waals surface area (Å²) in [6.45, 7) is 23.0. The molecule has 0 saturated heterocycles. The van der Waals surface area contributed by atoms with Crippen molar-refractivity contribution in [1.82, 2.24) is 0 Å². The summed E-state index contributed by atoms with van der Waals surface area (Å²) < 4.78 is 0. The van der Waals surface area contributed by atoms with E-state index in [9.17, 15) is 0 Å². The summed E-state index contributed by atoms with van der Waals surface area (Å²) in [4.78, 5) is 0. The highest BCUT2D eigenvalue weighted by Gasteiger charge is 2.28. The fourth-order valence-electron chi connectivity index (χ4n) is 6.39. The molecule has 2 unspecified atom stereocenters. The quantitative estimate of drug-likeness (QED) is 0.0980. The van der Waals surface area contributed by atoms with Gasteiger partial charge in [0.15, 0.2) is 0 Å². The van der Waals surface area contributed by atoms with Crippen LogP contribution in [0.25, 0.3) is 10.6 Å². The van der Waals surface area contributed by atoms with Crippen LogP contribution in [0.5, 0.6) is 0 Å². The summed E-state index contributed by atoms with van der Waals surface area (Å²) in [6.07, 6.45) is 0. The molecule has 0 fully saturated rings. The van der Waals surface area contributed by atoms with Crippen molar-refractivity contribution < 1.29 is 0 Å². The molecule has 4 aromatic carbocycles. The number of para-hydroxylation sites is 2. The lowest BCUT2D eigenvalue weighted by Gasteiger charge is -2.51. The fourth-order valence-corrected chi connectivity index (χ4v) is 9.36. The minimum absolute atomic E-state index is 0.0476. The summed E-state index contributed by atoms with van der Waals surface area (Å²) in [5.74, 6) is 1.60. The van der Waals surface area contributed by atoms with E-state index < -0.39 is 7.92 Å². The first kappa shape index (κ1) is 39.5. The first-order valence-electron chi connectivity index (χ1n) is 17.0. The van der Waals surface area contributed by atoms with Gasteiger partial charge in [0, 0.05) is 0 Å². The van der Waals surface area contributed by atoms with E-state index in [1.807, 2.05) is 0 Å². The molecule has 2 nitrogen and oxygen atoms in total. The van der Waals surface area contributed by atoms with Gasteiger partial charge in [-0.3, -0.25) is 0 Å². The molecule has 2 atom stereocenters. The van der Waals surface area contributed by atoms with Crippen molar-refractivity contribution in [2.45, 2.75) is 111 Å². The predicted molar refractivity (Wildman–Crippen MR) is 215 cm³/mol. The van der Waals surface area contributed by atoms with Gasteiger partial charge in [0.2, 0.25) is 0 Å². The van der Waals surface area contributed by atoms with E-state index in [0.29, 0.717) is 23.7 Å². The Balaban J connectivity index is 0.00000192. The van der Waals surface area contributed by atoms with E-state index in [0.717, 1.165) is 0 Å². The monoisotopic (exact) mass is 701 g/mol. The van der Waals surface area contributed by atoms with Crippen LogP contribution in [-0.2, 0) is 0 Å². The number of nitrogens with zero attached hydrogens (tertiary/aromatic N) is 2. The lowest BCUT2D eigenvalue weighted by molar-refractivity contribution is 0.676. The summed E-state index contributed by atoms with van der Waals surface area (Å²) in [6, 6.07) is 35.9. The van der Waals surface area contributed by atoms with Crippen LogP contribution in [0.1, 0.15) is 115 Å². The number of rotatable bonds is 13. The summed E-state index contributed by atoms with van der Waals surface area (Å²) in [5, 5.41) is 14.2. The molecule has 0 bridgehead atoms. The van der Waals surface area contributed by atoms with Gasteiger partial charge < -0.3 is 10.6 Å². The minimum Gasteiger partial charge on any atom is -0.681 e. The highest BCUT2D eigenvalue weighted by molar-refractivity contribution is 7.73. The highest BCUT2D eigenvalue weighted by atomic mass is 35.7. The second-order valence-corrected chi connectivity index (χ2v) is 18.1. The van der Waals surface area contributed by atoms with Crippen molar-refractivity contribution in [3.05, 3.63) is 130 Å². The second kappa shape index (κ2) is 19.3. The van der Waals surface area contributed by atoms with Gasteiger partial charge in [0.1, 0.15) is 0 Å². The molecular weight excluding hydrogens is 649 g/mol. The molecule has 0 heterocycles. The van der Waals surface area contributed by atoms with Crippen molar-refractivity contribution in [3.63, 3.8) is 0 Å². The van der Waals surface area contributed by atoms with Gasteiger partial charge >= 0.3 is 13.4 Å². The Kier molecular flexibility index (Phi) is 16.2. The van der Waals surface area contributed by atoms with Gasteiger partial charge in [-0.15, -0.1) is 23.5 Å². The van der Waals surface area contributed by atoms with Crippen LogP contribution >= 0.6 is 28.0 Å². The van der Waals surface area contributed by atoms with Crippen LogP contribution in [0.4, 0.5) is 11.4 Å². The summed E-state index contributed by atoms with van der Waals surface area (Å²) >= 11 is -0.306. The van der Waals surface area contributed by atoms with E-state index in [2.05, 4.69) is 166 Å². The molecular formula is C41H53AlCl2N2P-2. The molecule has 0 N–H and O–H groups in total. The van der Waals surface area contributed by atoms with Crippen LogP contribution in [0.2, 0.25) is 0 Å². The van der Waals surface area contributed by atoms with E-state index >= 15 is 0 Å². The van der Waals surface area contributed by atoms with E-state index in [-0.39, 0.29) is 31.1 Å². The van der Waals surface area contributed by atoms with Gasteiger partial charge in [-0.1, -0.05) is 189 Å². The maximum absolute atomic E-state index is 5.71. The number of benzene rings is 4. The molecule has 6 heteroatoms. The van der Waals surface area contributed by atoms with Crippen molar-refractivity contribution >= 4 is 63.4 Å². The molecule has 0 aliphatic rings. The van der Waals surface area contributed by atoms with Crippen LogP contribution in [0.3, 0.4) is 0 Å². The average molecular weight is 703 g/mol. The largest absolute Gasteiger partial charge is 0.681 e. The Hall–Kier alpha value is -1.98. The predicted octanol–water partition coefficient (Wildman–Crippen LogP) is 13.2. The molecule has 0 aromatic heterocycles. The first-order valence-corrected chi connectivity index (χ1v) is 21.9. The van der Waals surface area contributed by atoms with E-state index in [1.165, 1.54) is 44.2 Å². The van der Waals surface area contributed by atoms with Crippen LogP contribution in [0.15, 0.2) is 97.1 Å². The molecule has 47 heavy (non-hydrogen) atoms. The zero-order valence-corrected chi connectivity index (χ0v) is 33.5. The van der Waals surface area contributed by atoms with Crippen molar-refractivity contribution in [3.8, 4) is 0 Å². The number of halogens is 2. The third kappa shape index (κ3) is 10.5. The third-order valence-electron chi connectivity index (χ3n) is 8.71. The Morgan fingerprint density at radius 2 is 0.723 bits per heavy atom. The summed E-state index contributed by atoms with van der Waals surface area (Å²) in [7, 11) is 8.92. The molecule has 251 valence electrons. The lowest BCUT2D eigenvalue weighted by atomic mass is 9.91. The van der Waals surface area contributed by atoms with E-state index in [4.69, 9.17) is 30.7 Å². The number of hydrogen-bond donors (Lipinski definition) is 0. The normalized spacial score (nSPS) is 13.4. The summed E-state index contributed by atoms with van der Waals surface area (Å²) in [5.41, 5.74) is 7.90. The Morgan fingerprint density at radius 3 is 0.979 bits per heavy atom. The topological polar surface area (TPSA) is 28.2 Å². The van der Waals surface area contributed by atoms with Gasteiger partial charge in [-0.2, -0.15) is 0 Å². The highest BCUT2D eigenvalue weighted by Crippen LogP contribution is 2.51. The average Bonchev–Trinajstić information content (AvgIpc) is 3.04.